The molecule has 0 bridgehead atoms. The molecule has 0 heterocycles. The lowest BCUT2D eigenvalue weighted by Crippen LogP contribution is -2.20. The van der Waals surface area contributed by atoms with Gasteiger partial charge in [0.2, 0.25) is 0 Å². The largest absolute Gasteiger partial charge is 0.295 e. The molecule has 0 aliphatic heterocycles. The second-order valence-corrected chi connectivity index (χ2v) is 2.00. The quantitative estimate of drug-likeness (QED) is 0.499. The highest BCUT2D eigenvalue weighted by atomic mass is 16.3. The summed E-state index contributed by atoms with van der Waals surface area (Å²) in [6, 6.07) is 0. The van der Waals surface area contributed by atoms with Gasteiger partial charge in [-0.25, -0.2) is 5.11 Å². The molecule has 0 N–H and O–H groups in total. The van der Waals surface area contributed by atoms with Crippen LogP contribution in [-0.2, 0) is 5.11 Å². The first-order chi connectivity index (χ1) is 4.31. The monoisotopic (exact) mass is 126 g/mol. The molecule has 51 valence electrons. The van der Waals surface area contributed by atoms with Crippen LogP contribution in [-0.4, -0.2) is 31.6 Å². The summed E-state index contributed by atoms with van der Waals surface area (Å²) < 4.78 is 0. The molecule has 1 radical (unpaired) electrons. The van der Waals surface area contributed by atoms with Crippen molar-refractivity contribution in [1.82, 2.24) is 4.90 Å². The fourth-order valence-electron chi connectivity index (χ4n) is 0.569. The van der Waals surface area contributed by atoms with Crippen LogP contribution >= 0.6 is 0 Å². The molecule has 0 fully saturated rings. The van der Waals surface area contributed by atoms with Crippen molar-refractivity contribution in [1.29, 1.82) is 0 Å². The Balaban J connectivity index is 3.08. The number of terminal acetylenes is 1. The minimum Gasteiger partial charge on any atom is -0.295 e. The van der Waals surface area contributed by atoms with E-state index in [9.17, 15) is 5.11 Å². The molecule has 0 atom stereocenters. The normalized spacial score (nSPS) is 9.56. The minimum atomic E-state index is -0.00505. The zero-order valence-electron chi connectivity index (χ0n) is 5.76. The Hall–Kier alpha value is -0.520. The van der Waals surface area contributed by atoms with Gasteiger partial charge in [-0.3, -0.25) is 4.90 Å². The van der Waals surface area contributed by atoms with Crippen LogP contribution in [0.25, 0.3) is 0 Å². The van der Waals surface area contributed by atoms with Crippen LogP contribution in [0.1, 0.15) is 6.42 Å². The molecule has 2 nitrogen and oxygen atoms in total. The second-order valence-electron chi connectivity index (χ2n) is 2.00. The lowest BCUT2D eigenvalue weighted by Gasteiger charge is -2.10. The first-order valence-corrected chi connectivity index (χ1v) is 3.01. The summed E-state index contributed by atoms with van der Waals surface area (Å²) in [5.41, 5.74) is 0. The van der Waals surface area contributed by atoms with Crippen molar-refractivity contribution in [2.24, 2.45) is 0 Å². The Morgan fingerprint density at radius 1 is 1.67 bits per heavy atom. The predicted octanol–water partition coefficient (Wildman–Crippen LogP) is 0.372. The van der Waals surface area contributed by atoms with Crippen molar-refractivity contribution >= 4 is 0 Å². The van der Waals surface area contributed by atoms with Crippen molar-refractivity contribution < 1.29 is 5.11 Å². The lowest BCUT2D eigenvalue weighted by atomic mass is 10.4. The van der Waals surface area contributed by atoms with Crippen LogP contribution in [0.4, 0.5) is 0 Å². The Labute approximate surface area is 56.5 Å². The summed E-state index contributed by atoms with van der Waals surface area (Å²) in [5, 5.41) is 9.96. The summed E-state index contributed by atoms with van der Waals surface area (Å²) in [7, 11) is 1.91. The van der Waals surface area contributed by atoms with Gasteiger partial charge in [-0.1, -0.05) is 5.92 Å². The smallest absolute Gasteiger partial charge is 0.0834 e. The molecule has 0 saturated heterocycles. The van der Waals surface area contributed by atoms with Gasteiger partial charge < -0.3 is 0 Å². The SMILES string of the molecule is C#CCN(C)CCC[O]. The fraction of sp³-hybridized carbons (Fsp3) is 0.714. The molecule has 0 aliphatic carbocycles. The molecule has 9 heavy (non-hydrogen) atoms. The van der Waals surface area contributed by atoms with Gasteiger partial charge >= 0.3 is 0 Å². The Morgan fingerprint density at radius 2 is 2.33 bits per heavy atom. The van der Waals surface area contributed by atoms with Gasteiger partial charge in [0.1, 0.15) is 0 Å². The van der Waals surface area contributed by atoms with Crippen LogP contribution in [0.15, 0.2) is 0 Å². The van der Waals surface area contributed by atoms with E-state index in [2.05, 4.69) is 5.92 Å². The van der Waals surface area contributed by atoms with Gasteiger partial charge in [-0.05, 0) is 13.5 Å². The average Bonchev–Trinajstić information content (AvgIpc) is 1.85. The molecular formula is C7H12NO. The Kier molecular flexibility index (Phi) is 5.29. The fourth-order valence-corrected chi connectivity index (χ4v) is 0.569. The zero-order chi connectivity index (χ0) is 7.11. The molecule has 0 aromatic carbocycles. The minimum absolute atomic E-state index is 0.00505. The van der Waals surface area contributed by atoms with Gasteiger partial charge in [0.25, 0.3) is 0 Å². The first kappa shape index (κ1) is 8.48. The maximum absolute atomic E-state index is 9.96. The van der Waals surface area contributed by atoms with E-state index < -0.39 is 0 Å². The molecule has 0 saturated carbocycles. The van der Waals surface area contributed by atoms with Crippen molar-refractivity contribution in [3.8, 4) is 12.3 Å². The lowest BCUT2D eigenvalue weighted by molar-refractivity contribution is 0.176. The third kappa shape index (κ3) is 5.35. The van der Waals surface area contributed by atoms with E-state index >= 15 is 0 Å². The molecular weight excluding hydrogens is 114 g/mol. The van der Waals surface area contributed by atoms with Crippen LogP contribution in [0.2, 0.25) is 0 Å². The highest BCUT2D eigenvalue weighted by Crippen LogP contribution is 1.83. The number of nitrogens with zero attached hydrogens (tertiary/aromatic N) is 1. The third-order valence-corrected chi connectivity index (χ3v) is 1.05. The molecule has 0 aliphatic rings. The summed E-state index contributed by atoms with van der Waals surface area (Å²) in [5.74, 6) is 2.50. The van der Waals surface area contributed by atoms with Crippen molar-refractivity contribution in [2.45, 2.75) is 6.42 Å². The van der Waals surface area contributed by atoms with Gasteiger partial charge in [0.05, 0.1) is 13.2 Å². The van der Waals surface area contributed by atoms with E-state index in [1.165, 1.54) is 0 Å². The van der Waals surface area contributed by atoms with E-state index in [-0.39, 0.29) is 6.61 Å². The maximum Gasteiger partial charge on any atom is 0.0834 e. The third-order valence-electron chi connectivity index (χ3n) is 1.05. The number of hydrogen-bond donors (Lipinski definition) is 0. The maximum atomic E-state index is 9.96. The summed E-state index contributed by atoms with van der Waals surface area (Å²) >= 11 is 0. The summed E-state index contributed by atoms with van der Waals surface area (Å²) in [6.07, 6.45) is 5.72. The van der Waals surface area contributed by atoms with Crippen LogP contribution < -0.4 is 0 Å². The Morgan fingerprint density at radius 3 is 2.78 bits per heavy atom. The van der Waals surface area contributed by atoms with Crippen molar-refractivity contribution in [3.63, 3.8) is 0 Å². The summed E-state index contributed by atoms with van der Waals surface area (Å²) in [6.45, 7) is 1.45. The first-order valence-electron chi connectivity index (χ1n) is 3.01. The van der Waals surface area contributed by atoms with Gasteiger partial charge in [-0.15, -0.1) is 6.42 Å². The van der Waals surface area contributed by atoms with E-state index in [0.717, 1.165) is 6.54 Å². The molecule has 0 spiro atoms. The Bertz CT molecular complexity index is 95.6. The van der Waals surface area contributed by atoms with Crippen LogP contribution in [0.5, 0.6) is 0 Å². The van der Waals surface area contributed by atoms with Gasteiger partial charge in [-0.2, -0.15) is 0 Å². The molecule has 0 rings (SSSR count). The van der Waals surface area contributed by atoms with E-state index in [4.69, 9.17) is 6.42 Å². The highest BCUT2D eigenvalue weighted by Gasteiger charge is 1.92. The van der Waals surface area contributed by atoms with E-state index in [1.807, 2.05) is 11.9 Å². The standard InChI is InChI=1S/C7H12NO/c1-3-5-8(2)6-4-7-9/h1H,4-7H2,2H3. The highest BCUT2D eigenvalue weighted by molar-refractivity contribution is 4.86. The summed E-state index contributed by atoms with van der Waals surface area (Å²) in [4.78, 5) is 1.96. The number of rotatable bonds is 4. The molecule has 0 aromatic rings. The molecule has 2 heteroatoms. The average molecular weight is 126 g/mol. The van der Waals surface area contributed by atoms with E-state index in [1.54, 1.807) is 0 Å². The zero-order valence-corrected chi connectivity index (χ0v) is 5.76. The van der Waals surface area contributed by atoms with Crippen molar-refractivity contribution in [3.05, 3.63) is 0 Å². The van der Waals surface area contributed by atoms with Gasteiger partial charge in [0.15, 0.2) is 0 Å². The predicted molar refractivity (Wildman–Crippen MR) is 36.5 cm³/mol. The molecule has 0 aromatic heterocycles. The number of hydrogen-bond acceptors (Lipinski definition) is 1. The second kappa shape index (κ2) is 5.61. The van der Waals surface area contributed by atoms with Gasteiger partial charge in [0, 0.05) is 6.54 Å². The molecule has 0 unspecified atom stereocenters. The molecule has 0 amide bonds. The van der Waals surface area contributed by atoms with Crippen LogP contribution in [0.3, 0.4) is 0 Å². The van der Waals surface area contributed by atoms with Crippen molar-refractivity contribution in [2.75, 3.05) is 26.7 Å². The topological polar surface area (TPSA) is 23.1 Å². The van der Waals surface area contributed by atoms with E-state index in [0.29, 0.717) is 13.0 Å². The van der Waals surface area contributed by atoms with Crippen LogP contribution in [0, 0.1) is 12.3 Å².